The lowest BCUT2D eigenvalue weighted by atomic mass is 10.4. The van der Waals surface area contributed by atoms with E-state index in [-0.39, 0.29) is 17.7 Å². The van der Waals surface area contributed by atoms with Crippen LogP contribution in [0.3, 0.4) is 0 Å². The maximum atomic E-state index is 12.3. The standard InChI is InChI=1S/C13H14N6O3S/c1-16-4-5-23-12(16)15-8(20)6-19-7-14-10-9(19)11(21)18(3)13(22)17(10)2/h4-5,7H,6H2,1-3H3. The van der Waals surface area contributed by atoms with E-state index in [1.54, 1.807) is 17.8 Å². The number of aromatic nitrogens is 5. The van der Waals surface area contributed by atoms with Gasteiger partial charge in [-0.05, 0) is 0 Å². The van der Waals surface area contributed by atoms with Gasteiger partial charge in [-0.15, -0.1) is 11.3 Å². The topological polar surface area (TPSA) is 96.2 Å². The summed E-state index contributed by atoms with van der Waals surface area (Å²) in [6, 6.07) is 0. The molecule has 0 aromatic carbocycles. The van der Waals surface area contributed by atoms with E-state index in [9.17, 15) is 14.4 Å². The van der Waals surface area contributed by atoms with Crippen LogP contribution >= 0.6 is 11.3 Å². The van der Waals surface area contributed by atoms with Crippen molar-refractivity contribution < 1.29 is 4.79 Å². The quantitative estimate of drug-likeness (QED) is 0.598. The molecule has 0 N–H and O–H groups in total. The SMILES string of the molecule is Cn1ccsc1=NC(=O)Cn1cnc2c1c(=O)n(C)c(=O)n2C. The molecule has 9 nitrogen and oxygen atoms in total. The van der Waals surface area contributed by atoms with Gasteiger partial charge in [0, 0.05) is 32.7 Å². The Bertz CT molecular complexity index is 1090. The summed E-state index contributed by atoms with van der Waals surface area (Å²) in [5, 5.41) is 1.82. The molecule has 0 aliphatic heterocycles. The number of fused-ring (bicyclic) bond motifs is 1. The van der Waals surface area contributed by atoms with Crippen molar-refractivity contribution in [3.05, 3.63) is 43.5 Å². The molecule has 0 bridgehead atoms. The van der Waals surface area contributed by atoms with Crippen LogP contribution in [-0.2, 0) is 32.5 Å². The summed E-state index contributed by atoms with van der Waals surface area (Å²) in [4.78, 5) is 44.9. The normalized spacial score (nSPS) is 12.2. The van der Waals surface area contributed by atoms with E-state index in [2.05, 4.69) is 9.98 Å². The highest BCUT2D eigenvalue weighted by atomic mass is 32.1. The fourth-order valence-corrected chi connectivity index (χ4v) is 2.99. The molecule has 0 fully saturated rings. The van der Waals surface area contributed by atoms with Crippen LogP contribution in [0.15, 0.2) is 32.5 Å². The maximum absolute atomic E-state index is 12.3. The first-order chi connectivity index (χ1) is 10.9. The van der Waals surface area contributed by atoms with Gasteiger partial charge in [-0.2, -0.15) is 4.99 Å². The van der Waals surface area contributed by atoms with E-state index in [1.807, 2.05) is 5.38 Å². The van der Waals surface area contributed by atoms with Crippen molar-refractivity contribution >= 4 is 28.4 Å². The number of nitrogens with zero attached hydrogens (tertiary/aromatic N) is 6. The largest absolute Gasteiger partial charge is 0.332 e. The van der Waals surface area contributed by atoms with Crippen molar-refractivity contribution in [1.29, 1.82) is 0 Å². The Balaban J connectivity index is 2.09. The van der Waals surface area contributed by atoms with Gasteiger partial charge in [-0.3, -0.25) is 18.7 Å². The molecule has 3 aromatic rings. The smallest absolute Gasteiger partial charge is 0.327 e. The van der Waals surface area contributed by atoms with Gasteiger partial charge in [0.15, 0.2) is 16.0 Å². The summed E-state index contributed by atoms with van der Waals surface area (Å²) in [6.07, 6.45) is 3.17. The van der Waals surface area contributed by atoms with Crippen molar-refractivity contribution in [2.24, 2.45) is 26.1 Å². The van der Waals surface area contributed by atoms with Crippen molar-refractivity contribution in [3.63, 3.8) is 0 Å². The Morgan fingerprint density at radius 3 is 2.65 bits per heavy atom. The van der Waals surface area contributed by atoms with Crippen LogP contribution in [0.25, 0.3) is 11.2 Å². The van der Waals surface area contributed by atoms with Crippen LogP contribution in [0.1, 0.15) is 0 Å². The van der Waals surface area contributed by atoms with E-state index < -0.39 is 17.2 Å². The zero-order valence-electron chi connectivity index (χ0n) is 12.8. The number of amides is 1. The third-order valence-electron chi connectivity index (χ3n) is 3.50. The van der Waals surface area contributed by atoms with Gasteiger partial charge in [0.1, 0.15) is 6.54 Å². The number of carbonyl (C=O) groups is 1. The predicted octanol–water partition coefficient (Wildman–Crippen LogP) is -1.04. The minimum absolute atomic E-state index is 0.123. The average molecular weight is 334 g/mol. The second-order valence-corrected chi connectivity index (χ2v) is 5.93. The second-order valence-electron chi connectivity index (χ2n) is 5.05. The summed E-state index contributed by atoms with van der Waals surface area (Å²) >= 11 is 1.34. The number of imidazole rings is 1. The summed E-state index contributed by atoms with van der Waals surface area (Å²) < 4.78 is 5.41. The van der Waals surface area contributed by atoms with E-state index in [0.29, 0.717) is 4.80 Å². The minimum atomic E-state index is -0.491. The third kappa shape index (κ3) is 2.46. The van der Waals surface area contributed by atoms with Gasteiger partial charge in [-0.25, -0.2) is 9.78 Å². The Labute approximate surface area is 133 Å². The maximum Gasteiger partial charge on any atom is 0.332 e. The molecule has 23 heavy (non-hydrogen) atoms. The first-order valence-corrected chi connectivity index (χ1v) is 7.56. The highest BCUT2D eigenvalue weighted by Gasteiger charge is 2.15. The van der Waals surface area contributed by atoms with E-state index in [1.165, 1.54) is 40.9 Å². The number of carbonyl (C=O) groups excluding carboxylic acids is 1. The monoisotopic (exact) mass is 334 g/mol. The van der Waals surface area contributed by atoms with Crippen molar-refractivity contribution in [2.75, 3.05) is 0 Å². The molecule has 0 saturated heterocycles. The van der Waals surface area contributed by atoms with Gasteiger partial charge < -0.3 is 9.13 Å². The molecular formula is C13H14N6O3S. The Morgan fingerprint density at radius 1 is 1.26 bits per heavy atom. The molecule has 10 heteroatoms. The van der Waals surface area contributed by atoms with Crippen LogP contribution in [0.2, 0.25) is 0 Å². The van der Waals surface area contributed by atoms with Crippen LogP contribution in [0, 0.1) is 0 Å². The first-order valence-electron chi connectivity index (χ1n) is 6.68. The Morgan fingerprint density at radius 2 is 2.00 bits per heavy atom. The van der Waals surface area contributed by atoms with Gasteiger partial charge in [0.05, 0.1) is 6.33 Å². The van der Waals surface area contributed by atoms with Crippen molar-refractivity contribution in [3.8, 4) is 0 Å². The van der Waals surface area contributed by atoms with Gasteiger partial charge >= 0.3 is 5.69 Å². The Hall–Kier alpha value is -2.75. The number of hydrogen-bond acceptors (Lipinski definition) is 5. The zero-order valence-corrected chi connectivity index (χ0v) is 13.6. The molecule has 0 atom stereocenters. The van der Waals surface area contributed by atoms with Gasteiger partial charge in [0.2, 0.25) is 0 Å². The summed E-state index contributed by atoms with van der Waals surface area (Å²) in [5.74, 6) is -0.404. The molecular weight excluding hydrogens is 320 g/mol. The molecule has 0 saturated carbocycles. The molecule has 3 rings (SSSR count). The lowest BCUT2D eigenvalue weighted by molar-refractivity contribution is -0.118. The molecule has 120 valence electrons. The van der Waals surface area contributed by atoms with E-state index >= 15 is 0 Å². The average Bonchev–Trinajstić information content (AvgIpc) is 3.10. The first kappa shape index (κ1) is 15.2. The number of hydrogen-bond donors (Lipinski definition) is 0. The minimum Gasteiger partial charge on any atom is -0.327 e. The number of aryl methyl sites for hydroxylation is 2. The zero-order chi connectivity index (χ0) is 16.7. The third-order valence-corrected chi connectivity index (χ3v) is 4.35. The molecule has 0 aliphatic rings. The summed E-state index contributed by atoms with van der Waals surface area (Å²) in [7, 11) is 4.71. The van der Waals surface area contributed by atoms with Gasteiger partial charge in [-0.1, -0.05) is 0 Å². The fraction of sp³-hybridized carbons (Fsp3) is 0.308. The van der Waals surface area contributed by atoms with Crippen LogP contribution in [-0.4, -0.2) is 29.2 Å². The molecule has 3 heterocycles. The number of thiazole rings is 1. The molecule has 0 radical (unpaired) electrons. The summed E-state index contributed by atoms with van der Waals surface area (Å²) in [6.45, 7) is -0.123. The second kappa shape index (κ2) is 5.47. The highest BCUT2D eigenvalue weighted by molar-refractivity contribution is 7.07. The van der Waals surface area contributed by atoms with Crippen molar-refractivity contribution in [2.45, 2.75) is 6.54 Å². The highest BCUT2D eigenvalue weighted by Crippen LogP contribution is 2.05. The summed E-state index contributed by atoms with van der Waals surface area (Å²) in [5.41, 5.74) is -0.509. The lowest BCUT2D eigenvalue weighted by Crippen LogP contribution is -2.37. The van der Waals surface area contributed by atoms with Crippen molar-refractivity contribution in [1.82, 2.24) is 23.3 Å². The van der Waals surface area contributed by atoms with Crippen LogP contribution < -0.4 is 16.1 Å². The lowest BCUT2D eigenvalue weighted by Gasteiger charge is -2.04. The van der Waals surface area contributed by atoms with Crippen LogP contribution in [0.4, 0.5) is 0 Å². The number of rotatable bonds is 2. The molecule has 0 aliphatic carbocycles. The molecule has 3 aromatic heterocycles. The molecule has 1 amide bonds. The molecule has 0 unspecified atom stereocenters. The van der Waals surface area contributed by atoms with E-state index in [4.69, 9.17) is 0 Å². The Kier molecular flexibility index (Phi) is 3.60. The van der Waals surface area contributed by atoms with E-state index in [0.717, 1.165) is 4.57 Å². The van der Waals surface area contributed by atoms with Crippen LogP contribution in [0.5, 0.6) is 0 Å². The van der Waals surface area contributed by atoms with Gasteiger partial charge in [0.25, 0.3) is 11.5 Å². The predicted molar refractivity (Wildman–Crippen MR) is 84.1 cm³/mol. The fourth-order valence-electron chi connectivity index (χ4n) is 2.24. The molecule has 0 spiro atoms.